The van der Waals surface area contributed by atoms with Gasteiger partial charge in [0.25, 0.3) is 0 Å². The second-order valence-electron chi connectivity index (χ2n) is 6.36. The highest BCUT2D eigenvalue weighted by Gasteiger charge is 2.53. The summed E-state index contributed by atoms with van der Waals surface area (Å²) in [6.07, 6.45) is 7.85. The third-order valence-electron chi connectivity index (χ3n) is 5.16. The van der Waals surface area contributed by atoms with Gasteiger partial charge in [-0.1, -0.05) is 48.6 Å². The molecule has 0 heterocycles. The predicted molar refractivity (Wildman–Crippen MR) is 85.0 cm³/mol. The molecule has 21 heavy (non-hydrogen) atoms. The summed E-state index contributed by atoms with van der Waals surface area (Å²) in [6, 6.07) is 10.8. The zero-order chi connectivity index (χ0) is 14.9. The minimum Gasteiger partial charge on any atom is -0.359 e. The molecule has 5 atom stereocenters. The summed E-state index contributed by atoms with van der Waals surface area (Å²) in [7, 11) is 1.68. The lowest BCUT2D eigenvalue weighted by Gasteiger charge is -2.36. The Labute approximate surface area is 127 Å². The van der Waals surface area contributed by atoms with E-state index in [1.807, 2.05) is 0 Å². The first kappa shape index (κ1) is 14.6. The Kier molecular flexibility index (Phi) is 4.01. The minimum atomic E-state index is -0.251. The topological polar surface area (TPSA) is 18.5 Å². The standard InChI is InChI=1S/C19H24O2/c1-4-14-12-16-10-11-19(2,21-13-20-3)18(16)17(14)15-8-6-5-7-9-15/h4-11,14,16-18H,1,12-13H2,2-3H3/t14-,16+,17-,18+,19?/m0/s1. The monoisotopic (exact) mass is 284 g/mol. The van der Waals surface area contributed by atoms with Crippen molar-refractivity contribution in [3.63, 3.8) is 0 Å². The van der Waals surface area contributed by atoms with Gasteiger partial charge in [-0.25, -0.2) is 0 Å². The largest absolute Gasteiger partial charge is 0.359 e. The van der Waals surface area contributed by atoms with Crippen LogP contribution < -0.4 is 0 Å². The van der Waals surface area contributed by atoms with E-state index in [-0.39, 0.29) is 5.60 Å². The van der Waals surface area contributed by atoms with Gasteiger partial charge in [0, 0.05) is 13.0 Å². The van der Waals surface area contributed by atoms with Gasteiger partial charge in [0.1, 0.15) is 6.79 Å². The molecule has 1 saturated carbocycles. The van der Waals surface area contributed by atoms with E-state index < -0.39 is 0 Å². The average molecular weight is 284 g/mol. The van der Waals surface area contributed by atoms with Crippen molar-refractivity contribution < 1.29 is 9.47 Å². The number of fused-ring (bicyclic) bond motifs is 1. The number of rotatable bonds is 5. The highest BCUT2D eigenvalue weighted by atomic mass is 16.7. The van der Waals surface area contributed by atoms with E-state index in [0.29, 0.717) is 30.5 Å². The summed E-state index contributed by atoms with van der Waals surface area (Å²) in [5.74, 6) is 2.00. The normalized spacial score (nSPS) is 37.6. The Balaban J connectivity index is 1.94. The van der Waals surface area contributed by atoms with Crippen LogP contribution in [0.3, 0.4) is 0 Å². The molecule has 0 N–H and O–H groups in total. The summed E-state index contributed by atoms with van der Waals surface area (Å²) in [4.78, 5) is 0. The summed E-state index contributed by atoms with van der Waals surface area (Å²) in [5, 5.41) is 0. The number of ether oxygens (including phenoxy) is 2. The van der Waals surface area contributed by atoms with Gasteiger partial charge in [-0.15, -0.1) is 6.58 Å². The lowest BCUT2D eigenvalue weighted by Crippen LogP contribution is -2.38. The molecule has 2 aliphatic rings. The first-order valence-electron chi connectivity index (χ1n) is 7.69. The van der Waals surface area contributed by atoms with Crippen LogP contribution in [0.1, 0.15) is 24.8 Å². The molecule has 0 spiro atoms. The number of allylic oxidation sites excluding steroid dienone is 2. The quantitative estimate of drug-likeness (QED) is 0.597. The zero-order valence-corrected chi connectivity index (χ0v) is 12.9. The van der Waals surface area contributed by atoms with E-state index in [1.54, 1.807) is 7.11 Å². The summed E-state index contributed by atoms with van der Waals surface area (Å²) in [5.41, 5.74) is 1.14. The van der Waals surface area contributed by atoms with Gasteiger partial charge in [-0.2, -0.15) is 0 Å². The van der Waals surface area contributed by atoms with Crippen LogP contribution in [0.15, 0.2) is 55.1 Å². The second kappa shape index (κ2) is 5.78. The molecule has 0 saturated heterocycles. The van der Waals surface area contributed by atoms with Gasteiger partial charge in [0.15, 0.2) is 0 Å². The fourth-order valence-corrected chi connectivity index (χ4v) is 4.25. The molecule has 2 aliphatic carbocycles. The van der Waals surface area contributed by atoms with Crippen LogP contribution in [0, 0.1) is 17.8 Å². The van der Waals surface area contributed by atoms with Gasteiger partial charge in [-0.05, 0) is 36.7 Å². The Morgan fingerprint density at radius 3 is 2.76 bits per heavy atom. The van der Waals surface area contributed by atoms with Crippen molar-refractivity contribution >= 4 is 0 Å². The summed E-state index contributed by atoms with van der Waals surface area (Å²) in [6.45, 7) is 6.59. The highest BCUT2D eigenvalue weighted by Crippen LogP contribution is 2.57. The molecule has 1 fully saturated rings. The maximum atomic E-state index is 6.05. The molecule has 0 aromatic heterocycles. The Morgan fingerprint density at radius 2 is 2.10 bits per heavy atom. The maximum absolute atomic E-state index is 6.05. The molecule has 2 heteroatoms. The van der Waals surface area contributed by atoms with Crippen molar-refractivity contribution in [3.8, 4) is 0 Å². The fraction of sp³-hybridized carbons (Fsp3) is 0.474. The molecule has 112 valence electrons. The van der Waals surface area contributed by atoms with Crippen LogP contribution in [0.25, 0.3) is 0 Å². The van der Waals surface area contributed by atoms with Crippen molar-refractivity contribution in [1.29, 1.82) is 0 Å². The van der Waals surface area contributed by atoms with Gasteiger partial charge in [-0.3, -0.25) is 0 Å². The molecular formula is C19H24O2. The predicted octanol–water partition coefficient (Wildman–Crippen LogP) is 4.16. The van der Waals surface area contributed by atoms with Crippen LogP contribution in [0.4, 0.5) is 0 Å². The first-order valence-corrected chi connectivity index (χ1v) is 7.69. The van der Waals surface area contributed by atoms with Crippen LogP contribution >= 0.6 is 0 Å². The zero-order valence-electron chi connectivity index (χ0n) is 12.9. The van der Waals surface area contributed by atoms with Crippen LogP contribution in [0.2, 0.25) is 0 Å². The molecule has 0 amide bonds. The van der Waals surface area contributed by atoms with Crippen molar-refractivity contribution in [2.75, 3.05) is 13.9 Å². The molecule has 3 rings (SSSR count). The highest BCUT2D eigenvalue weighted by molar-refractivity contribution is 5.32. The molecule has 1 aromatic carbocycles. The van der Waals surface area contributed by atoms with E-state index in [4.69, 9.17) is 9.47 Å². The van der Waals surface area contributed by atoms with Gasteiger partial charge in [0.05, 0.1) is 5.60 Å². The number of methoxy groups -OCH3 is 1. The SMILES string of the molecule is C=C[C@H]1C[C@H]2C=CC(C)(OCOC)[C@H]2[C@@H]1c1ccccc1. The van der Waals surface area contributed by atoms with Gasteiger partial charge >= 0.3 is 0 Å². The number of hydrogen-bond acceptors (Lipinski definition) is 2. The second-order valence-corrected chi connectivity index (χ2v) is 6.36. The van der Waals surface area contributed by atoms with Crippen molar-refractivity contribution in [2.24, 2.45) is 17.8 Å². The van der Waals surface area contributed by atoms with E-state index >= 15 is 0 Å². The van der Waals surface area contributed by atoms with Crippen molar-refractivity contribution in [3.05, 3.63) is 60.7 Å². The minimum absolute atomic E-state index is 0.251. The third kappa shape index (κ3) is 2.47. The van der Waals surface area contributed by atoms with Crippen LogP contribution in [-0.2, 0) is 9.47 Å². The summed E-state index contributed by atoms with van der Waals surface area (Å²) >= 11 is 0. The molecule has 1 unspecified atom stereocenters. The molecule has 0 aliphatic heterocycles. The molecule has 1 aromatic rings. The Bertz CT molecular complexity index is 522. The average Bonchev–Trinajstić information content (AvgIpc) is 3.04. The van der Waals surface area contributed by atoms with E-state index in [2.05, 4.69) is 62.1 Å². The first-order chi connectivity index (χ1) is 10.2. The summed E-state index contributed by atoms with van der Waals surface area (Å²) < 4.78 is 11.2. The van der Waals surface area contributed by atoms with E-state index in [0.717, 1.165) is 6.42 Å². The molecule has 0 radical (unpaired) electrons. The lowest BCUT2D eigenvalue weighted by molar-refractivity contribution is -0.124. The van der Waals surface area contributed by atoms with Gasteiger partial charge < -0.3 is 9.47 Å². The van der Waals surface area contributed by atoms with Crippen molar-refractivity contribution in [2.45, 2.75) is 24.9 Å². The molecule has 0 bridgehead atoms. The van der Waals surface area contributed by atoms with E-state index in [1.165, 1.54) is 5.56 Å². The van der Waals surface area contributed by atoms with Crippen LogP contribution in [0.5, 0.6) is 0 Å². The lowest BCUT2D eigenvalue weighted by atomic mass is 9.75. The van der Waals surface area contributed by atoms with Crippen molar-refractivity contribution in [1.82, 2.24) is 0 Å². The van der Waals surface area contributed by atoms with Gasteiger partial charge in [0.2, 0.25) is 0 Å². The Morgan fingerprint density at radius 1 is 1.33 bits per heavy atom. The fourth-order valence-electron chi connectivity index (χ4n) is 4.25. The number of hydrogen-bond donors (Lipinski definition) is 0. The maximum Gasteiger partial charge on any atom is 0.147 e. The third-order valence-corrected chi connectivity index (χ3v) is 5.16. The Hall–Kier alpha value is -1.38. The van der Waals surface area contributed by atoms with Crippen LogP contribution in [-0.4, -0.2) is 19.5 Å². The smallest absolute Gasteiger partial charge is 0.147 e. The molecule has 2 nitrogen and oxygen atoms in total. The van der Waals surface area contributed by atoms with E-state index in [9.17, 15) is 0 Å². The number of benzene rings is 1. The molecular weight excluding hydrogens is 260 g/mol.